The van der Waals surface area contributed by atoms with Crippen LogP contribution in [0.5, 0.6) is 5.75 Å². The largest absolute Gasteiger partial charge is 0.494 e. The average Bonchev–Trinajstić information content (AvgIpc) is 2.37. The summed E-state index contributed by atoms with van der Waals surface area (Å²) in [7, 11) is 1.84. The van der Waals surface area contributed by atoms with Gasteiger partial charge in [0.25, 0.3) is 0 Å². The number of carbonyl (C=O) groups is 1. The van der Waals surface area contributed by atoms with Gasteiger partial charge in [-0.3, -0.25) is 4.79 Å². The van der Waals surface area contributed by atoms with Gasteiger partial charge < -0.3 is 15.2 Å². The third-order valence-electron chi connectivity index (χ3n) is 2.95. The van der Waals surface area contributed by atoms with Crippen molar-refractivity contribution in [3.05, 3.63) is 29.8 Å². The SMILES string of the molecule is CCOc1ccc(C(CC(C)C(=O)O)NC)cc1. The molecule has 0 fully saturated rings. The zero-order valence-corrected chi connectivity index (χ0v) is 11.1. The molecule has 0 radical (unpaired) electrons. The van der Waals surface area contributed by atoms with E-state index >= 15 is 0 Å². The molecular formula is C14H21NO3. The normalized spacial score (nSPS) is 13.9. The van der Waals surface area contributed by atoms with E-state index in [1.54, 1.807) is 6.92 Å². The molecule has 0 amide bonds. The average molecular weight is 251 g/mol. The van der Waals surface area contributed by atoms with Crippen molar-refractivity contribution in [2.45, 2.75) is 26.3 Å². The lowest BCUT2D eigenvalue weighted by molar-refractivity contribution is -0.141. The van der Waals surface area contributed by atoms with Gasteiger partial charge in [-0.05, 0) is 38.1 Å². The fourth-order valence-corrected chi connectivity index (χ4v) is 1.84. The predicted molar refractivity (Wildman–Crippen MR) is 70.8 cm³/mol. The number of rotatable bonds is 7. The standard InChI is InChI=1S/C14H21NO3/c1-4-18-12-7-5-11(6-8-12)13(15-3)9-10(2)14(16)17/h5-8,10,13,15H,4,9H2,1-3H3,(H,16,17). The Kier molecular flexibility index (Phi) is 5.65. The van der Waals surface area contributed by atoms with Crippen molar-refractivity contribution in [2.75, 3.05) is 13.7 Å². The molecule has 0 saturated heterocycles. The number of hydrogen-bond donors (Lipinski definition) is 2. The number of benzene rings is 1. The minimum atomic E-state index is -0.763. The maximum atomic E-state index is 10.9. The van der Waals surface area contributed by atoms with Gasteiger partial charge in [-0.25, -0.2) is 0 Å². The minimum Gasteiger partial charge on any atom is -0.494 e. The van der Waals surface area contributed by atoms with E-state index in [-0.39, 0.29) is 12.0 Å². The first-order valence-electron chi connectivity index (χ1n) is 6.21. The van der Waals surface area contributed by atoms with Gasteiger partial charge in [0.1, 0.15) is 5.75 Å². The van der Waals surface area contributed by atoms with E-state index in [4.69, 9.17) is 9.84 Å². The van der Waals surface area contributed by atoms with Crippen LogP contribution >= 0.6 is 0 Å². The highest BCUT2D eigenvalue weighted by Gasteiger charge is 2.18. The molecule has 100 valence electrons. The molecule has 2 unspecified atom stereocenters. The number of ether oxygens (including phenoxy) is 1. The Morgan fingerprint density at radius 3 is 2.44 bits per heavy atom. The summed E-state index contributed by atoms with van der Waals surface area (Å²) < 4.78 is 5.38. The van der Waals surface area contributed by atoms with Crippen LogP contribution in [0.15, 0.2) is 24.3 Å². The van der Waals surface area contributed by atoms with Crippen molar-refractivity contribution in [1.29, 1.82) is 0 Å². The number of nitrogens with one attached hydrogen (secondary N) is 1. The van der Waals surface area contributed by atoms with Gasteiger partial charge in [-0.15, -0.1) is 0 Å². The molecule has 0 heterocycles. The van der Waals surface area contributed by atoms with Crippen LogP contribution in [0.1, 0.15) is 31.9 Å². The first-order chi connectivity index (χ1) is 8.58. The van der Waals surface area contributed by atoms with Gasteiger partial charge in [0.15, 0.2) is 0 Å². The fraction of sp³-hybridized carbons (Fsp3) is 0.500. The zero-order chi connectivity index (χ0) is 13.5. The van der Waals surface area contributed by atoms with Crippen molar-refractivity contribution in [3.8, 4) is 5.75 Å². The van der Waals surface area contributed by atoms with E-state index in [1.807, 2.05) is 38.2 Å². The van der Waals surface area contributed by atoms with Crippen molar-refractivity contribution in [2.24, 2.45) is 5.92 Å². The molecule has 0 aliphatic carbocycles. The Balaban J connectivity index is 2.72. The van der Waals surface area contributed by atoms with Crippen LogP contribution in [0, 0.1) is 5.92 Å². The van der Waals surface area contributed by atoms with Crippen molar-refractivity contribution in [3.63, 3.8) is 0 Å². The molecule has 0 aliphatic heterocycles. The highest BCUT2D eigenvalue weighted by atomic mass is 16.5. The highest BCUT2D eigenvalue weighted by Crippen LogP contribution is 2.23. The van der Waals surface area contributed by atoms with Gasteiger partial charge in [-0.1, -0.05) is 19.1 Å². The smallest absolute Gasteiger partial charge is 0.306 e. The molecule has 2 N–H and O–H groups in total. The van der Waals surface area contributed by atoms with Crippen molar-refractivity contribution >= 4 is 5.97 Å². The number of hydrogen-bond acceptors (Lipinski definition) is 3. The lowest BCUT2D eigenvalue weighted by Gasteiger charge is -2.19. The van der Waals surface area contributed by atoms with Crippen LogP contribution in [0.4, 0.5) is 0 Å². The lowest BCUT2D eigenvalue weighted by Crippen LogP contribution is -2.22. The number of carboxylic acid groups (broad SMARTS) is 1. The van der Waals surface area contributed by atoms with Crippen LogP contribution in [0.25, 0.3) is 0 Å². The molecule has 1 rings (SSSR count). The summed E-state index contributed by atoms with van der Waals surface area (Å²) in [4.78, 5) is 10.9. The summed E-state index contributed by atoms with van der Waals surface area (Å²) in [5.41, 5.74) is 1.08. The van der Waals surface area contributed by atoms with Crippen LogP contribution in [0.3, 0.4) is 0 Å². The zero-order valence-electron chi connectivity index (χ0n) is 11.1. The van der Waals surface area contributed by atoms with E-state index < -0.39 is 5.97 Å². The number of aliphatic carboxylic acids is 1. The molecule has 4 nitrogen and oxygen atoms in total. The first-order valence-corrected chi connectivity index (χ1v) is 6.21. The second-order valence-corrected chi connectivity index (χ2v) is 4.32. The van der Waals surface area contributed by atoms with Gasteiger partial charge in [0.05, 0.1) is 12.5 Å². The quantitative estimate of drug-likeness (QED) is 0.781. The molecule has 0 aliphatic rings. The molecule has 0 saturated carbocycles. The monoisotopic (exact) mass is 251 g/mol. The van der Waals surface area contributed by atoms with Gasteiger partial charge in [0.2, 0.25) is 0 Å². The Morgan fingerprint density at radius 2 is 2.00 bits per heavy atom. The summed E-state index contributed by atoms with van der Waals surface area (Å²) in [5, 5.41) is 12.1. The van der Waals surface area contributed by atoms with E-state index in [1.165, 1.54) is 0 Å². The predicted octanol–water partition coefficient (Wildman–Crippen LogP) is 2.46. The number of carboxylic acids is 1. The van der Waals surface area contributed by atoms with Gasteiger partial charge in [-0.2, -0.15) is 0 Å². The third-order valence-corrected chi connectivity index (χ3v) is 2.95. The summed E-state index contributed by atoms with van der Waals surface area (Å²) in [5.74, 6) is -0.294. The molecule has 0 aromatic heterocycles. The lowest BCUT2D eigenvalue weighted by atomic mass is 9.96. The molecule has 0 spiro atoms. The third kappa shape index (κ3) is 4.04. The summed E-state index contributed by atoms with van der Waals surface area (Å²) in [6, 6.07) is 7.82. The van der Waals surface area contributed by atoms with Crippen LogP contribution < -0.4 is 10.1 Å². The van der Waals surface area contributed by atoms with E-state index in [9.17, 15) is 4.79 Å². The second kappa shape index (κ2) is 7.01. The fourth-order valence-electron chi connectivity index (χ4n) is 1.84. The molecule has 4 heteroatoms. The first kappa shape index (κ1) is 14.5. The van der Waals surface area contributed by atoms with Crippen LogP contribution in [0.2, 0.25) is 0 Å². The van der Waals surface area contributed by atoms with E-state index in [0.717, 1.165) is 11.3 Å². The van der Waals surface area contributed by atoms with Crippen LogP contribution in [-0.2, 0) is 4.79 Å². The van der Waals surface area contributed by atoms with Crippen LogP contribution in [-0.4, -0.2) is 24.7 Å². The maximum absolute atomic E-state index is 10.9. The molecule has 1 aromatic carbocycles. The highest BCUT2D eigenvalue weighted by molar-refractivity contribution is 5.69. The molecule has 1 aromatic rings. The Hall–Kier alpha value is -1.55. The van der Waals surface area contributed by atoms with E-state index in [0.29, 0.717) is 13.0 Å². The van der Waals surface area contributed by atoms with Crippen molar-refractivity contribution in [1.82, 2.24) is 5.32 Å². The molecule has 2 atom stereocenters. The molecule has 0 bridgehead atoms. The van der Waals surface area contributed by atoms with Gasteiger partial charge in [0, 0.05) is 6.04 Å². The summed E-state index contributed by atoms with van der Waals surface area (Å²) >= 11 is 0. The molecule has 18 heavy (non-hydrogen) atoms. The molecular weight excluding hydrogens is 230 g/mol. The Labute approximate surface area is 108 Å². The maximum Gasteiger partial charge on any atom is 0.306 e. The minimum absolute atomic E-state index is 0.0479. The Bertz CT molecular complexity index is 375. The summed E-state index contributed by atoms with van der Waals surface area (Å²) in [6.07, 6.45) is 0.569. The Morgan fingerprint density at radius 1 is 1.39 bits per heavy atom. The van der Waals surface area contributed by atoms with Gasteiger partial charge >= 0.3 is 5.97 Å². The second-order valence-electron chi connectivity index (χ2n) is 4.32. The topological polar surface area (TPSA) is 58.6 Å². The van der Waals surface area contributed by atoms with Crippen molar-refractivity contribution < 1.29 is 14.6 Å². The summed E-state index contributed by atoms with van der Waals surface area (Å²) in [6.45, 7) is 4.31. The van der Waals surface area contributed by atoms with E-state index in [2.05, 4.69) is 5.32 Å².